The SMILES string of the molecule is COC(=O)c1cc(Br)cc2[nH]cc(Cl)c12. The maximum Gasteiger partial charge on any atom is 0.338 e. The van der Waals surface area contributed by atoms with Gasteiger partial charge in [0, 0.05) is 21.6 Å². The standard InChI is InChI=1S/C10H7BrClNO2/c1-15-10(14)6-2-5(11)3-8-9(6)7(12)4-13-8/h2-4,13H,1H3. The second-order valence-corrected chi connectivity index (χ2v) is 4.33. The molecule has 15 heavy (non-hydrogen) atoms. The van der Waals surface area contributed by atoms with Crippen molar-refractivity contribution in [2.45, 2.75) is 0 Å². The third kappa shape index (κ3) is 1.75. The van der Waals surface area contributed by atoms with Crippen LogP contribution in [0.2, 0.25) is 5.02 Å². The minimum absolute atomic E-state index is 0.400. The highest BCUT2D eigenvalue weighted by Gasteiger charge is 2.15. The molecule has 78 valence electrons. The van der Waals surface area contributed by atoms with Crippen LogP contribution in [0, 0.1) is 0 Å². The van der Waals surface area contributed by atoms with E-state index in [4.69, 9.17) is 16.3 Å². The van der Waals surface area contributed by atoms with E-state index in [1.54, 1.807) is 12.3 Å². The van der Waals surface area contributed by atoms with E-state index in [0.717, 1.165) is 9.99 Å². The maximum atomic E-state index is 11.5. The monoisotopic (exact) mass is 287 g/mol. The Bertz CT molecular complexity index is 535. The van der Waals surface area contributed by atoms with Crippen LogP contribution in [0.25, 0.3) is 10.9 Å². The summed E-state index contributed by atoms with van der Waals surface area (Å²) in [6.07, 6.45) is 1.64. The van der Waals surface area contributed by atoms with Crippen molar-refractivity contribution in [1.82, 2.24) is 4.98 Å². The number of aromatic amines is 1. The number of hydrogen-bond donors (Lipinski definition) is 1. The topological polar surface area (TPSA) is 42.1 Å². The Morgan fingerprint density at radius 1 is 1.53 bits per heavy atom. The van der Waals surface area contributed by atoms with Gasteiger partial charge in [-0.25, -0.2) is 4.79 Å². The molecule has 3 nitrogen and oxygen atoms in total. The van der Waals surface area contributed by atoms with Crippen LogP contribution in [0.4, 0.5) is 0 Å². The molecule has 0 aliphatic heterocycles. The lowest BCUT2D eigenvalue weighted by atomic mass is 10.1. The number of carbonyl (C=O) groups is 1. The van der Waals surface area contributed by atoms with Crippen LogP contribution in [-0.2, 0) is 4.74 Å². The van der Waals surface area contributed by atoms with Crippen LogP contribution in [0.3, 0.4) is 0 Å². The molecule has 0 fully saturated rings. The molecule has 0 spiro atoms. The molecule has 0 unspecified atom stereocenters. The Balaban J connectivity index is 2.80. The molecule has 0 bridgehead atoms. The molecule has 1 aromatic heterocycles. The molecule has 0 aliphatic carbocycles. The van der Waals surface area contributed by atoms with Gasteiger partial charge in [-0.05, 0) is 12.1 Å². The number of benzene rings is 1. The van der Waals surface area contributed by atoms with Gasteiger partial charge >= 0.3 is 5.97 Å². The van der Waals surface area contributed by atoms with Gasteiger partial charge in [0.15, 0.2) is 0 Å². The third-order valence-electron chi connectivity index (χ3n) is 2.10. The first-order chi connectivity index (χ1) is 7.13. The van der Waals surface area contributed by atoms with E-state index in [-0.39, 0.29) is 0 Å². The maximum absolute atomic E-state index is 11.5. The summed E-state index contributed by atoms with van der Waals surface area (Å²) in [7, 11) is 1.34. The Hall–Kier alpha value is -1.00. The Morgan fingerprint density at radius 3 is 2.93 bits per heavy atom. The summed E-state index contributed by atoms with van der Waals surface area (Å²) in [6, 6.07) is 3.54. The highest BCUT2D eigenvalue weighted by Crippen LogP contribution is 2.30. The first-order valence-corrected chi connectivity index (χ1v) is 5.35. The van der Waals surface area contributed by atoms with Gasteiger partial charge in [0.2, 0.25) is 0 Å². The predicted molar refractivity (Wildman–Crippen MR) is 62.3 cm³/mol. The number of esters is 1. The van der Waals surface area contributed by atoms with Crippen molar-refractivity contribution in [3.05, 3.63) is 33.4 Å². The highest BCUT2D eigenvalue weighted by atomic mass is 79.9. The molecule has 0 saturated carbocycles. The van der Waals surface area contributed by atoms with Gasteiger partial charge in [0.1, 0.15) is 0 Å². The lowest BCUT2D eigenvalue weighted by Gasteiger charge is -2.02. The van der Waals surface area contributed by atoms with Gasteiger partial charge < -0.3 is 9.72 Å². The highest BCUT2D eigenvalue weighted by molar-refractivity contribution is 9.10. The largest absolute Gasteiger partial charge is 0.465 e. The summed E-state index contributed by atoms with van der Waals surface area (Å²) >= 11 is 9.30. The van der Waals surface area contributed by atoms with Crippen LogP contribution in [0.1, 0.15) is 10.4 Å². The van der Waals surface area contributed by atoms with E-state index in [0.29, 0.717) is 16.0 Å². The summed E-state index contributed by atoms with van der Waals surface area (Å²) in [5.41, 5.74) is 1.25. The first kappa shape index (κ1) is 10.5. The number of ether oxygens (including phenoxy) is 1. The van der Waals surface area contributed by atoms with Crippen molar-refractivity contribution in [3.8, 4) is 0 Å². The van der Waals surface area contributed by atoms with Gasteiger partial charge in [-0.1, -0.05) is 27.5 Å². The number of rotatable bonds is 1. The minimum atomic E-state index is -0.400. The fourth-order valence-electron chi connectivity index (χ4n) is 1.46. The lowest BCUT2D eigenvalue weighted by molar-refractivity contribution is 0.0603. The molecule has 5 heteroatoms. The number of methoxy groups -OCH3 is 1. The van der Waals surface area contributed by atoms with Crippen LogP contribution in [0.15, 0.2) is 22.8 Å². The molecule has 0 aliphatic rings. The third-order valence-corrected chi connectivity index (χ3v) is 2.86. The summed E-state index contributed by atoms with van der Waals surface area (Å²) in [5.74, 6) is -0.400. The fraction of sp³-hybridized carbons (Fsp3) is 0.100. The number of aromatic nitrogens is 1. The molecule has 2 aromatic rings. The van der Waals surface area contributed by atoms with Crippen molar-refractivity contribution in [3.63, 3.8) is 0 Å². The average molecular weight is 289 g/mol. The smallest absolute Gasteiger partial charge is 0.338 e. The molecule has 0 radical (unpaired) electrons. The molecule has 1 aromatic carbocycles. The molecule has 0 saturated heterocycles. The van der Waals surface area contributed by atoms with Crippen LogP contribution < -0.4 is 0 Å². The molecule has 2 rings (SSSR count). The van der Waals surface area contributed by atoms with Crippen molar-refractivity contribution in [2.75, 3.05) is 7.11 Å². The van der Waals surface area contributed by atoms with E-state index in [2.05, 4.69) is 20.9 Å². The van der Waals surface area contributed by atoms with Crippen LogP contribution in [-0.4, -0.2) is 18.1 Å². The van der Waals surface area contributed by atoms with E-state index in [1.807, 2.05) is 6.07 Å². The number of nitrogens with one attached hydrogen (secondary N) is 1. The molecule has 1 heterocycles. The summed E-state index contributed by atoms with van der Waals surface area (Å²) in [4.78, 5) is 14.5. The number of halogens is 2. The number of H-pyrrole nitrogens is 1. The van der Waals surface area contributed by atoms with Gasteiger partial charge in [-0.2, -0.15) is 0 Å². The Kier molecular flexibility index (Phi) is 2.71. The summed E-state index contributed by atoms with van der Waals surface area (Å²) in [6.45, 7) is 0. The van der Waals surface area contributed by atoms with Crippen LogP contribution >= 0.6 is 27.5 Å². The molecule has 0 amide bonds. The first-order valence-electron chi connectivity index (χ1n) is 4.18. The van der Waals surface area contributed by atoms with E-state index >= 15 is 0 Å². The summed E-state index contributed by atoms with van der Waals surface area (Å²) < 4.78 is 5.49. The lowest BCUT2D eigenvalue weighted by Crippen LogP contribution is -2.01. The minimum Gasteiger partial charge on any atom is -0.465 e. The van der Waals surface area contributed by atoms with Crippen LogP contribution in [0.5, 0.6) is 0 Å². The van der Waals surface area contributed by atoms with Gasteiger partial charge in [-0.15, -0.1) is 0 Å². The summed E-state index contributed by atoms with van der Waals surface area (Å²) in [5, 5.41) is 1.20. The number of carbonyl (C=O) groups excluding carboxylic acids is 1. The second-order valence-electron chi connectivity index (χ2n) is 3.00. The molecule has 1 N–H and O–H groups in total. The number of hydrogen-bond acceptors (Lipinski definition) is 2. The van der Waals surface area contributed by atoms with Crippen molar-refractivity contribution in [1.29, 1.82) is 0 Å². The van der Waals surface area contributed by atoms with Gasteiger partial charge in [-0.3, -0.25) is 0 Å². The van der Waals surface area contributed by atoms with E-state index in [1.165, 1.54) is 7.11 Å². The molecule has 0 atom stereocenters. The van der Waals surface area contributed by atoms with Gasteiger partial charge in [0.05, 0.1) is 17.7 Å². The average Bonchev–Trinajstić information content (AvgIpc) is 2.58. The molecular weight excluding hydrogens is 281 g/mol. The van der Waals surface area contributed by atoms with Gasteiger partial charge in [0.25, 0.3) is 0 Å². The molecular formula is C10H7BrClNO2. The zero-order valence-electron chi connectivity index (χ0n) is 7.80. The van der Waals surface area contributed by atoms with Crippen molar-refractivity contribution < 1.29 is 9.53 Å². The van der Waals surface area contributed by atoms with Crippen molar-refractivity contribution >= 4 is 44.4 Å². The van der Waals surface area contributed by atoms with E-state index < -0.39 is 5.97 Å². The second kappa shape index (κ2) is 3.87. The quantitative estimate of drug-likeness (QED) is 0.818. The van der Waals surface area contributed by atoms with E-state index in [9.17, 15) is 4.79 Å². The number of fused-ring (bicyclic) bond motifs is 1. The Labute approximate surface area is 99.5 Å². The normalized spacial score (nSPS) is 10.6. The zero-order valence-corrected chi connectivity index (χ0v) is 10.1. The Morgan fingerprint density at radius 2 is 2.27 bits per heavy atom. The zero-order chi connectivity index (χ0) is 11.0. The van der Waals surface area contributed by atoms with Crippen molar-refractivity contribution in [2.24, 2.45) is 0 Å². The predicted octanol–water partition coefficient (Wildman–Crippen LogP) is 3.37. The fourth-order valence-corrected chi connectivity index (χ4v) is 2.18.